The van der Waals surface area contributed by atoms with Crippen molar-refractivity contribution in [1.29, 1.82) is 0 Å². The molecule has 1 amide bonds. The zero-order valence-electron chi connectivity index (χ0n) is 22.6. The van der Waals surface area contributed by atoms with Gasteiger partial charge in [-0.05, 0) is 33.6 Å². The number of rotatable bonds is 15. The highest BCUT2D eigenvalue weighted by atomic mass is 16.7. The first kappa shape index (κ1) is 29.4. The van der Waals surface area contributed by atoms with E-state index in [4.69, 9.17) is 14.2 Å². The Labute approximate surface area is 214 Å². The number of nitrogens with one attached hydrogen (secondary N) is 1. The molecule has 0 unspecified atom stereocenters. The fourth-order valence-electron chi connectivity index (χ4n) is 4.27. The quantitative estimate of drug-likeness (QED) is 0.200. The van der Waals surface area contributed by atoms with Crippen molar-refractivity contribution in [2.45, 2.75) is 129 Å². The lowest BCUT2D eigenvalue weighted by Crippen LogP contribution is -2.51. The zero-order valence-corrected chi connectivity index (χ0v) is 22.6. The average Bonchev–Trinajstić information content (AvgIpc) is 2.82. The van der Waals surface area contributed by atoms with Crippen LogP contribution in [0.3, 0.4) is 0 Å². The molecule has 0 spiro atoms. The van der Waals surface area contributed by atoms with Gasteiger partial charge in [0.15, 0.2) is 6.29 Å². The van der Waals surface area contributed by atoms with Crippen LogP contribution in [0.5, 0.6) is 0 Å². The highest BCUT2D eigenvalue weighted by molar-refractivity contribution is 5.68. The lowest BCUT2D eigenvalue weighted by Gasteiger charge is -2.36. The van der Waals surface area contributed by atoms with Gasteiger partial charge in [0.2, 0.25) is 0 Å². The maximum atomic E-state index is 12.3. The van der Waals surface area contributed by atoms with Gasteiger partial charge in [0, 0.05) is 5.56 Å². The van der Waals surface area contributed by atoms with Gasteiger partial charge in [-0.3, -0.25) is 0 Å². The molecular formula is C30H49NO4. The van der Waals surface area contributed by atoms with Crippen LogP contribution in [0.25, 0.3) is 0 Å². The third-order valence-corrected chi connectivity index (χ3v) is 6.18. The minimum absolute atomic E-state index is 0.269. The molecule has 0 bridgehead atoms. The Morgan fingerprint density at radius 2 is 1.57 bits per heavy atom. The second-order valence-electron chi connectivity index (χ2n) is 10.7. The van der Waals surface area contributed by atoms with Crippen LogP contribution in [0, 0.1) is 0 Å². The lowest BCUT2D eigenvalue weighted by molar-refractivity contribution is -0.216. The van der Waals surface area contributed by atoms with E-state index in [1.165, 1.54) is 70.6 Å². The van der Waals surface area contributed by atoms with Crippen molar-refractivity contribution in [1.82, 2.24) is 5.32 Å². The number of carbonyl (C=O) groups excluding carboxylic acids is 1. The molecule has 0 aliphatic carbocycles. The number of hydrogen-bond acceptors (Lipinski definition) is 4. The van der Waals surface area contributed by atoms with Crippen molar-refractivity contribution in [2.24, 2.45) is 0 Å². The minimum Gasteiger partial charge on any atom is -0.444 e. The molecule has 0 saturated carbocycles. The van der Waals surface area contributed by atoms with Gasteiger partial charge in [0.1, 0.15) is 11.7 Å². The second kappa shape index (κ2) is 16.8. The molecule has 1 aromatic carbocycles. The summed E-state index contributed by atoms with van der Waals surface area (Å²) in [6.07, 6.45) is 18.9. The molecule has 35 heavy (non-hydrogen) atoms. The molecule has 2 rings (SSSR count). The van der Waals surface area contributed by atoms with Gasteiger partial charge in [-0.1, -0.05) is 114 Å². The molecule has 5 heteroatoms. The first-order valence-corrected chi connectivity index (χ1v) is 13.9. The summed E-state index contributed by atoms with van der Waals surface area (Å²) in [6, 6.07) is 9.63. The Morgan fingerprint density at radius 1 is 0.971 bits per heavy atom. The molecule has 3 atom stereocenters. The van der Waals surface area contributed by atoms with Crippen LogP contribution in [-0.2, 0) is 14.2 Å². The van der Waals surface area contributed by atoms with E-state index < -0.39 is 18.0 Å². The summed E-state index contributed by atoms with van der Waals surface area (Å²) in [7, 11) is 0. The molecule has 1 aliphatic rings. The summed E-state index contributed by atoms with van der Waals surface area (Å²) in [6.45, 7) is 8.21. The van der Waals surface area contributed by atoms with Crippen molar-refractivity contribution in [2.75, 3.05) is 6.61 Å². The molecule has 1 aromatic rings. The van der Waals surface area contributed by atoms with Crippen LogP contribution in [0.4, 0.5) is 4.79 Å². The first-order valence-electron chi connectivity index (χ1n) is 13.9. The van der Waals surface area contributed by atoms with Crippen LogP contribution in [-0.4, -0.2) is 30.4 Å². The Bertz CT molecular complexity index is 713. The van der Waals surface area contributed by atoms with E-state index in [1.807, 2.05) is 51.1 Å². The van der Waals surface area contributed by atoms with E-state index in [1.54, 1.807) is 0 Å². The fourth-order valence-corrected chi connectivity index (χ4v) is 4.27. The summed E-state index contributed by atoms with van der Waals surface area (Å²) in [4.78, 5) is 12.3. The number of unbranched alkanes of at least 4 members (excludes halogenated alkanes) is 11. The monoisotopic (exact) mass is 487 g/mol. The number of allylic oxidation sites excluding steroid dienone is 1. The highest BCUT2D eigenvalue weighted by Crippen LogP contribution is 2.27. The van der Waals surface area contributed by atoms with E-state index in [9.17, 15) is 4.79 Å². The number of carbonyl (C=O) groups is 1. The minimum atomic E-state index is -0.548. The molecular weight excluding hydrogens is 438 g/mol. The van der Waals surface area contributed by atoms with E-state index in [-0.39, 0.29) is 12.1 Å². The predicted octanol–water partition coefficient (Wildman–Crippen LogP) is 8.25. The standard InChI is InChI=1S/C30H49NO4/c1-5-6-7-8-9-10-11-12-13-14-15-16-20-23-27-26(31-29(32)35-30(2,3)4)24-33-28(34-27)25-21-18-17-19-22-25/h17-23,26-28H,5-16,24H2,1-4H3,(H,31,32)/b23-20+/t26-,27+,28-/m0/s1. The summed E-state index contributed by atoms with van der Waals surface area (Å²) in [5.41, 5.74) is 0.430. The first-order chi connectivity index (χ1) is 16.9. The van der Waals surface area contributed by atoms with Crippen molar-refractivity contribution >= 4 is 6.09 Å². The maximum absolute atomic E-state index is 12.3. The van der Waals surface area contributed by atoms with Gasteiger partial charge < -0.3 is 19.5 Å². The Morgan fingerprint density at radius 3 is 2.17 bits per heavy atom. The van der Waals surface area contributed by atoms with E-state index in [0.717, 1.165) is 12.0 Å². The lowest BCUT2D eigenvalue weighted by atomic mass is 10.0. The Balaban J connectivity index is 1.74. The molecule has 198 valence electrons. The van der Waals surface area contributed by atoms with Gasteiger partial charge in [-0.2, -0.15) is 0 Å². The normalized spacial score (nSPS) is 20.7. The zero-order chi connectivity index (χ0) is 25.4. The van der Waals surface area contributed by atoms with Gasteiger partial charge in [-0.25, -0.2) is 4.79 Å². The fraction of sp³-hybridized carbons (Fsp3) is 0.700. The van der Waals surface area contributed by atoms with Crippen molar-refractivity contribution in [3.05, 3.63) is 48.0 Å². The van der Waals surface area contributed by atoms with Gasteiger partial charge in [0.25, 0.3) is 0 Å². The van der Waals surface area contributed by atoms with E-state index in [2.05, 4.69) is 24.4 Å². The topological polar surface area (TPSA) is 56.8 Å². The van der Waals surface area contributed by atoms with Crippen molar-refractivity contribution in [3.8, 4) is 0 Å². The summed E-state index contributed by atoms with van der Waals surface area (Å²) >= 11 is 0. The van der Waals surface area contributed by atoms with Crippen LogP contribution >= 0.6 is 0 Å². The van der Waals surface area contributed by atoms with Gasteiger partial charge in [0.05, 0.1) is 12.6 Å². The molecule has 1 saturated heterocycles. The second-order valence-corrected chi connectivity index (χ2v) is 10.7. The molecule has 1 fully saturated rings. The Hall–Kier alpha value is -1.85. The van der Waals surface area contributed by atoms with Crippen LogP contribution in [0.15, 0.2) is 42.5 Å². The number of alkyl carbamates (subject to hydrolysis) is 1. The van der Waals surface area contributed by atoms with Crippen LogP contribution in [0.1, 0.15) is 117 Å². The highest BCUT2D eigenvalue weighted by Gasteiger charge is 2.33. The van der Waals surface area contributed by atoms with E-state index in [0.29, 0.717) is 6.61 Å². The molecule has 1 aliphatic heterocycles. The van der Waals surface area contributed by atoms with Crippen LogP contribution in [0.2, 0.25) is 0 Å². The largest absolute Gasteiger partial charge is 0.444 e. The van der Waals surface area contributed by atoms with Crippen molar-refractivity contribution < 1.29 is 19.0 Å². The smallest absolute Gasteiger partial charge is 0.408 e. The molecule has 5 nitrogen and oxygen atoms in total. The Kier molecular flexibility index (Phi) is 14.1. The third-order valence-electron chi connectivity index (χ3n) is 6.18. The molecule has 0 aromatic heterocycles. The predicted molar refractivity (Wildman–Crippen MR) is 143 cm³/mol. The van der Waals surface area contributed by atoms with Gasteiger partial charge >= 0.3 is 6.09 Å². The van der Waals surface area contributed by atoms with Crippen molar-refractivity contribution in [3.63, 3.8) is 0 Å². The number of amides is 1. The third kappa shape index (κ3) is 13.1. The summed E-state index contributed by atoms with van der Waals surface area (Å²) in [5, 5.41) is 2.93. The number of benzene rings is 1. The molecule has 0 radical (unpaired) electrons. The summed E-state index contributed by atoms with van der Waals surface area (Å²) < 4.78 is 17.6. The number of hydrogen-bond donors (Lipinski definition) is 1. The molecule has 1 heterocycles. The summed E-state index contributed by atoms with van der Waals surface area (Å²) in [5.74, 6) is 0. The maximum Gasteiger partial charge on any atom is 0.408 e. The van der Waals surface area contributed by atoms with Gasteiger partial charge in [-0.15, -0.1) is 0 Å². The van der Waals surface area contributed by atoms with Crippen LogP contribution < -0.4 is 5.32 Å². The average molecular weight is 488 g/mol. The SMILES string of the molecule is CCCCCCCCCCCCC/C=C/[C@H]1O[C@@H](c2ccccc2)OC[C@@H]1NC(=O)OC(C)(C)C. The molecule has 1 N–H and O–H groups in total. The number of ether oxygens (including phenoxy) is 3. The van der Waals surface area contributed by atoms with E-state index >= 15 is 0 Å².